The zero-order valence-corrected chi connectivity index (χ0v) is 19.8. The molecule has 2 aromatic carbocycles. The van der Waals surface area contributed by atoms with Crippen molar-refractivity contribution in [3.05, 3.63) is 76.0 Å². The summed E-state index contributed by atoms with van der Waals surface area (Å²) in [5.74, 6) is -1.09. The number of anilines is 2. The average molecular weight is 490 g/mol. The number of hydrogen-bond acceptors (Lipinski definition) is 6. The predicted octanol–water partition coefficient (Wildman–Crippen LogP) is 5.35. The number of hydrogen-bond donors (Lipinski definition) is 2. The molecule has 4 N–H and O–H groups in total. The van der Waals surface area contributed by atoms with Crippen LogP contribution in [0.1, 0.15) is 45.6 Å². The van der Waals surface area contributed by atoms with Crippen LogP contribution in [0, 0.1) is 29.9 Å². The minimum atomic E-state index is -0.619. The molecular formula is C26H21F2N5OS. The van der Waals surface area contributed by atoms with E-state index in [1.54, 1.807) is 24.1 Å². The van der Waals surface area contributed by atoms with Crippen molar-refractivity contribution in [1.82, 2.24) is 9.88 Å². The monoisotopic (exact) mass is 489 g/mol. The maximum Gasteiger partial charge on any atom is 0.254 e. The Morgan fingerprint density at radius 2 is 1.97 bits per heavy atom. The van der Waals surface area contributed by atoms with E-state index in [4.69, 9.17) is 11.5 Å². The number of nitriles is 1. The molecule has 3 heterocycles. The van der Waals surface area contributed by atoms with Crippen molar-refractivity contribution in [2.75, 3.05) is 18.0 Å². The van der Waals surface area contributed by atoms with Crippen molar-refractivity contribution in [3.63, 3.8) is 0 Å². The Kier molecular flexibility index (Phi) is 5.41. The average Bonchev–Trinajstić information content (AvgIpc) is 3.18. The lowest BCUT2D eigenvalue weighted by Gasteiger charge is -2.35. The lowest BCUT2D eigenvalue weighted by Crippen LogP contribution is -2.40. The molecule has 1 aliphatic rings. The molecule has 6 nitrogen and oxygen atoms in total. The van der Waals surface area contributed by atoms with Crippen molar-refractivity contribution < 1.29 is 13.6 Å². The Bertz CT molecular complexity index is 1570. The summed E-state index contributed by atoms with van der Waals surface area (Å²) >= 11 is 0.964. The molecular weight excluding hydrogens is 468 g/mol. The van der Waals surface area contributed by atoms with Gasteiger partial charge in [0.25, 0.3) is 5.91 Å². The van der Waals surface area contributed by atoms with Gasteiger partial charge in [-0.05, 0) is 55.2 Å². The minimum absolute atomic E-state index is 0.126. The van der Waals surface area contributed by atoms with Crippen LogP contribution in [-0.4, -0.2) is 22.3 Å². The second-order valence-corrected chi connectivity index (χ2v) is 9.59. The van der Waals surface area contributed by atoms with E-state index in [0.717, 1.165) is 22.5 Å². The molecule has 5 rings (SSSR count). The molecule has 0 saturated carbocycles. The van der Waals surface area contributed by atoms with Crippen molar-refractivity contribution in [2.24, 2.45) is 0 Å². The molecule has 0 fully saturated rings. The van der Waals surface area contributed by atoms with Crippen LogP contribution in [0.15, 0.2) is 36.5 Å². The van der Waals surface area contributed by atoms with Crippen LogP contribution in [-0.2, 0) is 6.42 Å². The highest BCUT2D eigenvalue weighted by Crippen LogP contribution is 2.44. The van der Waals surface area contributed by atoms with Crippen molar-refractivity contribution >= 4 is 38.1 Å². The number of carbonyl (C=O) groups is 1. The third-order valence-electron chi connectivity index (χ3n) is 6.74. The zero-order chi connectivity index (χ0) is 25.0. The quantitative estimate of drug-likeness (QED) is 0.403. The summed E-state index contributed by atoms with van der Waals surface area (Å²) in [6.07, 6.45) is 2.09. The second kappa shape index (κ2) is 8.32. The molecule has 0 saturated heterocycles. The number of pyridine rings is 1. The van der Waals surface area contributed by atoms with Gasteiger partial charge in [-0.2, -0.15) is 5.26 Å². The highest BCUT2D eigenvalue weighted by Gasteiger charge is 2.33. The fourth-order valence-electron chi connectivity index (χ4n) is 4.98. The number of carbonyl (C=O) groups excluding carboxylic acids is 1. The van der Waals surface area contributed by atoms with E-state index in [1.807, 2.05) is 19.1 Å². The predicted molar refractivity (Wildman–Crippen MR) is 133 cm³/mol. The molecule has 9 heteroatoms. The molecule has 0 spiro atoms. The van der Waals surface area contributed by atoms with E-state index in [0.29, 0.717) is 35.3 Å². The molecule has 1 amide bonds. The minimum Gasteiger partial charge on any atom is -0.389 e. The highest BCUT2D eigenvalue weighted by molar-refractivity contribution is 7.23. The number of fused-ring (bicyclic) bond motifs is 2. The van der Waals surface area contributed by atoms with Gasteiger partial charge in [-0.1, -0.05) is 12.1 Å². The van der Waals surface area contributed by atoms with Crippen LogP contribution < -0.4 is 11.5 Å². The molecule has 0 unspecified atom stereocenters. The van der Waals surface area contributed by atoms with Crippen LogP contribution in [0.5, 0.6) is 0 Å². The molecule has 0 bridgehead atoms. The number of nitrogen functional groups attached to an aromatic ring is 2. The summed E-state index contributed by atoms with van der Waals surface area (Å²) in [6, 6.07) is 9.22. The first-order valence-corrected chi connectivity index (χ1v) is 11.8. The van der Waals surface area contributed by atoms with Crippen LogP contribution in [0.4, 0.5) is 19.6 Å². The van der Waals surface area contributed by atoms with Gasteiger partial charge in [-0.3, -0.25) is 4.79 Å². The Hall–Kier alpha value is -4.03. The summed E-state index contributed by atoms with van der Waals surface area (Å²) in [5.41, 5.74) is 15.1. The largest absolute Gasteiger partial charge is 0.389 e. The number of benzene rings is 2. The maximum absolute atomic E-state index is 15.7. The first-order chi connectivity index (χ1) is 16.7. The standard InChI is InChI=1S/C26H21F2N5OS/c1-12-14-7-9-33(13(2)15-4-3-8-32-24(15)30)26(34)17(14)10-20(28)21(12)16-5-6-19(27)23-22(16)18(11-29)25(31)35-23/h3-6,8,10,13H,7,9,31H2,1-2H3,(H2,30,32)/t13-/m1/s1. The van der Waals surface area contributed by atoms with Crippen LogP contribution in [0.3, 0.4) is 0 Å². The van der Waals surface area contributed by atoms with Gasteiger partial charge in [-0.15, -0.1) is 11.3 Å². The number of nitrogens with zero attached hydrogens (tertiary/aromatic N) is 3. The number of halogens is 2. The number of rotatable bonds is 3. The van der Waals surface area contributed by atoms with Gasteiger partial charge in [0.1, 0.15) is 28.5 Å². The third-order valence-corrected chi connectivity index (χ3v) is 7.77. The lowest BCUT2D eigenvalue weighted by molar-refractivity contribution is 0.0672. The maximum atomic E-state index is 15.7. The van der Waals surface area contributed by atoms with Crippen molar-refractivity contribution in [1.29, 1.82) is 5.26 Å². The summed E-state index contributed by atoms with van der Waals surface area (Å²) in [6.45, 7) is 4.04. The van der Waals surface area contributed by atoms with E-state index in [2.05, 4.69) is 4.98 Å². The number of aromatic nitrogens is 1. The topological polar surface area (TPSA) is 109 Å². The van der Waals surface area contributed by atoms with E-state index in [-0.39, 0.29) is 38.3 Å². The molecule has 176 valence electrons. The second-order valence-electron chi connectivity index (χ2n) is 8.54. The van der Waals surface area contributed by atoms with Gasteiger partial charge < -0.3 is 16.4 Å². The Labute approximate surface area is 204 Å². The number of amides is 1. The molecule has 0 aliphatic carbocycles. The zero-order valence-electron chi connectivity index (χ0n) is 19.0. The van der Waals surface area contributed by atoms with Gasteiger partial charge in [0.05, 0.1) is 16.3 Å². The molecule has 2 aromatic heterocycles. The van der Waals surface area contributed by atoms with E-state index in [1.165, 1.54) is 18.2 Å². The normalized spacial score (nSPS) is 14.1. The highest BCUT2D eigenvalue weighted by atomic mass is 32.1. The Morgan fingerprint density at radius 3 is 2.69 bits per heavy atom. The van der Waals surface area contributed by atoms with E-state index < -0.39 is 11.6 Å². The van der Waals surface area contributed by atoms with Crippen LogP contribution >= 0.6 is 11.3 Å². The SMILES string of the molecule is Cc1c2c(cc(F)c1-c1ccc(F)c3sc(N)c(C#N)c13)C(=O)N([C@H](C)c1cccnc1N)CC2. The lowest BCUT2D eigenvalue weighted by atomic mass is 9.86. The molecule has 35 heavy (non-hydrogen) atoms. The van der Waals surface area contributed by atoms with Gasteiger partial charge in [0.15, 0.2) is 0 Å². The summed E-state index contributed by atoms with van der Waals surface area (Å²) in [4.78, 5) is 19.2. The first kappa shape index (κ1) is 22.7. The summed E-state index contributed by atoms with van der Waals surface area (Å²) in [7, 11) is 0. The Balaban J connectivity index is 1.64. The number of thiophene rings is 1. The molecule has 0 radical (unpaired) electrons. The molecule has 4 aromatic rings. The number of nitrogens with two attached hydrogens (primary N) is 2. The Morgan fingerprint density at radius 1 is 1.20 bits per heavy atom. The van der Waals surface area contributed by atoms with Gasteiger partial charge in [-0.25, -0.2) is 13.8 Å². The fraction of sp³-hybridized carbons (Fsp3) is 0.192. The van der Waals surface area contributed by atoms with Crippen LogP contribution in [0.25, 0.3) is 21.2 Å². The smallest absolute Gasteiger partial charge is 0.254 e. The van der Waals surface area contributed by atoms with Crippen molar-refractivity contribution in [2.45, 2.75) is 26.3 Å². The summed E-state index contributed by atoms with van der Waals surface area (Å²) in [5, 5.41) is 10.1. The fourth-order valence-corrected chi connectivity index (χ4v) is 5.93. The van der Waals surface area contributed by atoms with Gasteiger partial charge >= 0.3 is 0 Å². The van der Waals surface area contributed by atoms with E-state index >= 15 is 4.39 Å². The van der Waals surface area contributed by atoms with E-state index in [9.17, 15) is 14.4 Å². The van der Waals surface area contributed by atoms with Crippen LogP contribution in [0.2, 0.25) is 0 Å². The summed E-state index contributed by atoms with van der Waals surface area (Å²) < 4.78 is 30.4. The van der Waals surface area contributed by atoms with Crippen molar-refractivity contribution in [3.8, 4) is 17.2 Å². The molecule has 1 aliphatic heterocycles. The first-order valence-electron chi connectivity index (χ1n) is 11.0. The third kappa shape index (κ3) is 3.41. The van der Waals surface area contributed by atoms with Gasteiger partial charge in [0, 0.05) is 34.8 Å². The molecule has 1 atom stereocenters. The van der Waals surface area contributed by atoms with Gasteiger partial charge in [0.2, 0.25) is 0 Å².